The van der Waals surface area contributed by atoms with Gasteiger partial charge in [0.1, 0.15) is 0 Å². The number of unbranched alkanes of at least 4 members (excludes halogenated alkanes) is 1. The maximum absolute atomic E-state index is 12.3. The van der Waals surface area contributed by atoms with E-state index in [1.54, 1.807) is 18.2 Å². The average Bonchev–Trinajstić information content (AvgIpc) is 2.63. The molecule has 3 rings (SSSR count). The molecule has 0 spiro atoms. The molecule has 1 heterocycles. The molecular formula is C20H22BrNO3S. The SMILES string of the molecule is O=C(CCCCc1ccc(Br)cc1)NC1CCS(=O)(=O)c2ccccc21. The lowest BCUT2D eigenvalue weighted by Gasteiger charge is -2.26. The van der Waals surface area contributed by atoms with Gasteiger partial charge in [-0.3, -0.25) is 4.79 Å². The summed E-state index contributed by atoms with van der Waals surface area (Å²) < 4.78 is 25.4. The molecule has 1 atom stereocenters. The van der Waals surface area contributed by atoms with Crippen molar-refractivity contribution in [1.82, 2.24) is 5.32 Å². The molecule has 4 nitrogen and oxygen atoms in total. The molecule has 138 valence electrons. The highest BCUT2D eigenvalue weighted by Gasteiger charge is 2.30. The lowest BCUT2D eigenvalue weighted by molar-refractivity contribution is -0.122. The number of hydrogen-bond donors (Lipinski definition) is 1. The van der Waals surface area contributed by atoms with Crippen molar-refractivity contribution in [3.63, 3.8) is 0 Å². The normalized spacial score (nSPS) is 18.1. The fourth-order valence-electron chi connectivity index (χ4n) is 3.27. The number of aryl methyl sites for hydroxylation is 1. The predicted molar refractivity (Wildman–Crippen MR) is 106 cm³/mol. The molecule has 0 saturated carbocycles. The van der Waals surface area contributed by atoms with Crippen molar-refractivity contribution < 1.29 is 13.2 Å². The van der Waals surface area contributed by atoms with Gasteiger partial charge in [-0.05, 0) is 55.0 Å². The zero-order chi connectivity index (χ0) is 18.6. The van der Waals surface area contributed by atoms with E-state index in [-0.39, 0.29) is 17.7 Å². The Kier molecular flexibility index (Phi) is 6.14. The van der Waals surface area contributed by atoms with Crippen molar-refractivity contribution in [1.29, 1.82) is 0 Å². The van der Waals surface area contributed by atoms with Crippen LogP contribution >= 0.6 is 15.9 Å². The standard InChI is InChI=1S/C20H22BrNO3S/c21-16-11-9-15(10-12-16)5-1-4-8-20(23)22-18-13-14-26(24,25)19-7-3-2-6-17(18)19/h2-3,6-7,9-12,18H,1,4-5,8,13-14H2,(H,22,23). The summed E-state index contributed by atoms with van der Waals surface area (Å²) >= 11 is 3.42. The number of rotatable bonds is 6. The van der Waals surface area contributed by atoms with Crippen LogP contribution in [0.3, 0.4) is 0 Å². The smallest absolute Gasteiger partial charge is 0.220 e. The van der Waals surface area contributed by atoms with E-state index in [4.69, 9.17) is 0 Å². The van der Waals surface area contributed by atoms with Crippen LogP contribution < -0.4 is 5.32 Å². The fourth-order valence-corrected chi connectivity index (χ4v) is 5.16. The molecule has 6 heteroatoms. The Morgan fingerprint density at radius 3 is 2.58 bits per heavy atom. The summed E-state index contributed by atoms with van der Waals surface area (Å²) in [5, 5.41) is 3.01. The summed E-state index contributed by atoms with van der Waals surface area (Å²) in [5.41, 5.74) is 1.97. The Labute approximate surface area is 163 Å². The molecule has 2 aromatic rings. The van der Waals surface area contributed by atoms with Gasteiger partial charge in [-0.1, -0.05) is 46.3 Å². The van der Waals surface area contributed by atoms with Crippen LogP contribution in [-0.2, 0) is 21.1 Å². The zero-order valence-electron chi connectivity index (χ0n) is 14.4. The summed E-state index contributed by atoms with van der Waals surface area (Å²) in [6.45, 7) is 0. The third-order valence-corrected chi connectivity index (χ3v) is 7.02. The number of sulfone groups is 1. The van der Waals surface area contributed by atoms with Crippen molar-refractivity contribution in [3.05, 3.63) is 64.1 Å². The number of carbonyl (C=O) groups excluding carboxylic acids is 1. The van der Waals surface area contributed by atoms with Gasteiger partial charge in [0.2, 0.25) is 5.91 Å². The van der Waals surface area contributed by atoms with Crippen LogP contribution in [0.5, 0.6) is 0 Å². The minimum Gasteiger partial charge on any atom is -0.349 e. The molecule has 0 aliphatic carbocycles. The number of fused-ring (bicyclic) bond motifs is 1. The van der Waals surface area contributed by atoms with Gasteiger partial charge in [-0.2, -0.15) is 0 Å². The molecule has 1 amide bonds. The van der Waals surface area contributed by atoms with E-state index < -0.39 is 9.84 Å². The van der Waals surface area contributed by atoms with Crippen molar-refractivity contribution >= 4 is 31.7 Å². The van der Waals surface area contributed by atoms with E-state index in [2.05, 4.69) is 33.4 Å². The van der Waals surface area contributed by atoms with Gasteiger partial charge in [-0.25, -0.2) is 8.42 Å². The van der Waals surface area contributed by atoms with E-state index in [0.29, 0.717) is 23.3 Å². The van der Waals surface area contributed by atoms with Gasteiger partial charge < -0.3 is 5.32 Å². The van der Waals surface area contributed by atoms with Gasteiger partial charge in [0.15, 0.2) is 9.84 Å². The molecule has 0 bridgehead atoms. The lowest BCUT2D eigenvalue weighted by atomic mass is 10.0. The van der Waals surface area contributed by atoms with Gasteiger partial charge in [0, 0.05) is 10.9 Å². The third kappa shape index (κ3) is 4.74. The van der Waals surface area contributed by atoms with Gasteiger partial charge in [0.25, 0.3) is 0 Å². The molecule has 1 aliphatic rings. The quantitative estimate of drug-likeness (QED) is 0.691. The summed E-state index contributed by atoms with van der Waals surface area (Å²) in [7, 11) is -3.22. The first kappa shape index (κ1) is 19.1. The Bertz CT molecular complexity index is 878. The van der Waals surface area contributed by atoms with Crippen molar-refractivity contribution in [3.8, 4) is 0 Å². The highest BCUT2D eigenvalue weighted by atomic mass is 79.9. The maximum atomic E-state index is 12.3. The molecule has 1 unspecified atom stereocenters. The second kappa shape index (κ2) is 8.35. The molecule has 1 aliphatic heterocycles. The summed E-state index contributed by atoms with van der Waals surface area (Å²) in [5.74, 6) is 0.0679. The number of hydrogen-bond acceptors (Lipinski definition) is 3. The van der Waals surface area contributed by atoms with E-state index in [9.17, 15) is 13.2 Å². The maximum Gasteiger partial charge on any atom is 0.220 e. The molecular weight excluding hydrogens is 414 g/mol. The van der Waals surface area contributed by atoms with E-state index in [0.717, 1.165) is 23.7 Å². The average molecular weight is 436 g/mol. The number of amides is 1. The molecule has 0 radical (unpaired) electrons. The number of carbonyl (C=O) groups is 1. The largest absolute Gasteiger partial charge is 0.349 e. The van der Waals surface area contributed by atoms with E-state index >= 15 is 0 Å². The predicted octanol–water partition coefficient (Wildman–Crippen LogP) is 4.20. The Morgan fingerprint density at radius 2 is 1.81 bits per heavy atom. The first-order valence-corrected chi connectivity index (χ1v) is 11.3. The van der Waals surface area contributed by atoms with Crippen LogP contribution in [0.4, 0.5) is 0 Å². The van der Waals surface area contributed by atoms with Crippen molar-refractivity contribution in [2.75, 3.05) is 5.75 Å². The van der Waals surface area contributed by atoms with E-state index in [1.165, 1.54) is 5.56 Å². The van der Waals surface area contributed by atoms with Crippen LogP contribution in [-0.4, -0.2) is 20.1 Å². The van der Waals surface area contributed by atoms with Crippen molar-refractivity contribution in [2.45, 2.75) is 43.0 Å². The van der Waals surface area contributed by atoms with Crippen LogP contribution in [0, 0.1) is 0 Å². The molecule has 2 aromatic carbocycles. The monoisotopic (exact) mass is 435 g/mol. The molecule has 0 fully saturated rings. The van der Waals surface area contributed by atoms with Gasteiger partial charge in [-0.15, -0.1) is 0 Å². The molecule has 1 N–H and O–H groups in total. The molecule has 0 saturated heterocycles. The summed E-state index contributed by atoms with van der Waals surface area (Å²) in [4.78, 5) is 12.6. The topological polar surface area (TPSA) is 63.2 Å². The van der Waals surface area contributed by atoms with Crippen molar-refractivity contribution in [2.24, 2.45) is 0 Å². The van der Waals surface area contributed by atoms with Gasteiger partial charge in [0.05, 0.1) is 16.7 Å². The van der Waals surface area contributed by atoms with Crippen LogP contribution in [0.15, 0.2) is 57.9 Å². The van der Waals surface area contributed by atoms with Crippen LogP contribution in [0.2, 0.25) is 0 Å². The lowest BCUT2D eigenvalue weighted by Crippen LogP contribution is -2.33. The first-order chi connectivity index (χ1) is 12.5. The van der Waals surface area contributed by atoms with Gasteiger partial charge >= 0.3 is 0 Å². The van der Waals surface area contributed by atoms with E-state index in [1.807, 2.05) is 18.2 Å². The highest BCUT2D eigenvalue weighted by Crippen LogP contribution is 2.31. The second-order valence-electron chi connectivity index (χ2n) is 6.60. The highest BCUT2D eigenvalue weighted by molar-refractivity contribution is 9.10. The Balaban J connectivity index is 1.50. The minimum absolute atomic E-state index is 0.0140. The summed E-state index contributed by atoms with van der Waals surface area (Å²) in [6, 6.07) is 15.0. The molecule has 26 heavy (non-hydrogen) atoms. The molecule has 0 aromatic heterocycles. The number of nitrogens with one attached hydrogen (secondary N) is 1. The van der Waals surface area contributed by atoms with Crippen LogP contribution in [0.1, 0.15) is 42.9 Å². The second-order valence-corrected chi connectivity index (χ2v) is 9.59. The van der Waals surface area contributed by atoms with Crippen LogP contribution in [0.25, 0.3) is 0 Å². The number of halogens is 1. The Hall–Kier alpha value is -1.66. The Morgan fingerprint density at radius 1 is 1.08 bits per heavy atom. The minimum atomic E-state index is -3.22. The number of benzene rings is 2. The zero-order valence-corrected chi connectivity index (χ0v) is 16.9. The third-order valence-electron chi connectivity index (χ3n) is 4.67. The first-order valence-electron chi connectivity index (χ1n) is 8.81. The summed E-state index contributed by atoms with van der Waals surface area (Å²) in [6.07, 6.45) is 3.61. The fraction of sp³-hybridized carbons (Fsp3) is 0.350.